The molecule has 6 nitrogen and oxygen atoms in total. The number of benzene rings is 2. The fourth-order valence-electron chi connectivity index (χ4n) is 3.69. The second-order valence-electron chi connectivity index (χ2n) is 6.80. The molecule has 0 radical (unpaired) electrons. The first-order valence-corrected chi connectivity index (χ1v) is 9.04. The Morgan fingerprint density at radius 2 is 2.00 bits per heavy atom. The van der Waals surface area contributed by atoms with Crippen LogP contribution in [-0.2, 0) is 0 Å². The normalized spacial score (nSPS) is 16.9. The van der Waals surface area contributed by atoms with Crippen LogP contribution in [0.15, 0.2) is 65.3 Å². The first-order chi connectivity index (χ1) is 13.3. The molecule has 6 heteroatoms. The van der Waals surface area contributed by atoms with E-state index < -0.39 is 0 Å². The third kappa shape index (κ3) is 2.79. The third-order valence-corrected chi connectivity index (χ3v) is 5.12. The minimum atomic E-state index is 0.0468. The number of hydrogen-bond donors (Lipinski definition) is 1. The molecular weight excluding hydrogens is 340 g/mol. The molecule has 1 atom stereocenters. The molecule has 0 spiro atoms. The van der Waals surface area contributed by atoms with Crippen LogP contribution >= 0.6 is 0 Å². The van der Waals surface area contributed by atoms with Crippen molar-refractivity contribution in [1.29, 1.82) is 0 Å². The van der Waals surface area contributed by atoms with Crippen LogP contribution < -0.4 is 0 Å². The molecule has 1 amide bonds. The Bertz CT molecular complexity index is 1100. The molecule has 2 aromatic carbocycles. The molecule has 1 aliphatic heterocycles. The summed E-state index contributed by atoms with van der Waals surface area (Å²) in [4.78, 5) is 22.6. The van der Waals surface area contributed by atoms with Gasteiger partial charge in [0.15, 0.2) is 0 Å². The van der Waals surface area contributed by atoms with Gasteiger partial charge in [-0.15, -0.1) is 0 Å². The average Bonchev–Trinajstić information content (AvgIpc) is 3.47. The molecule has 1 aliphatic rings. The number of nitrogens with one attached hydrogen (secondary N) is 1. The van der Waals surface area contributed by atoms with Crippen LogP contribution in [0, 0.1) is 0 Å². The van der Waals surface area contributed by atoms with Crippen molar-refractivity contribution in [2.75, 3.05) is 13.1 Å². The Morgan fingerprint density at radius 1 is 1.11 bits per heavy atom. The fraction of sp³-hybridized carbons (Fsp3) is 0.190. The third-order valence-electron chi connectivity index (χ3n) is 5.12. The number of carbonyl (C=O) groups is 1. The second kappa shape index (κ2) is 6.39. The fourth-order valence-corrected chi connectivity index (χ4v) is 3.69. The highest BCUT2D eigenvalue weighted by molar-refractivity contribution is 6.06. The lowest BCUT2D eigenvalue weighted by molar-refractivity contribution is 0.0791. The molecule has 5 rings (SSSR count). The van der Waals surface area contributed by atoms with E-state index in [-0.39, 0.29) is 11.8 Å². The molecule has 1 unspecified atom stereocenters. The number of carbonyl (C=O) groups excluding carboxylic acids is 1. The van der Waals surface area contributed by atoms with Gasteiger partial charge in [0, 0.05) is 41.3 Å². The van der Waals surface area contributed by atoms with Gasteiger partial charge in [-0.05, 0) is 24.6 Å². The summed E-state index contributed by atoms with van der Waals surface area (Å²) < 4.78 is 5.49. The van der Waals surface area contributed by atoms with Crippen LogP contribution in [0.1, 0.15) is 28.6 Å². The lowest BCUT2D eigenvalue weighted by Crippen LogP contribution is -2.28. The smallest absolute Gasteiger partial charge is 0.254 e. The first-order valence-electron chi connectivity index (χ1n) is 9.04. The highest BCUT2D eigenvalue weighted by atomic mass is 16.5. The maximum atomic E-state index is 13.0. The lowest BCUT2D eigenvalue weighted by Gasteiger charge is -2.16. The van der Waals surface area contributed by atoms with Gasteiger partial charge in [-0.2, -0.15) is 4.98 Å². The number of nitrogens with zero attached hydrogens (tertiary/aromatic N) is 3. The molecule has 0 saturated carbocycles. The Labute approximate surface area is 155 Å². The number of aromatic amines is 1. The summed E-state index contributed by atoms with van der Waals surface area (Å²) in [5.41, 5.74) is 2.63. The number of amides is 1. The summed E-state index contributed by atoms with van der Waals surface area (Å²) in [6.07, 6.45) is 2.68. The Hall–Kier alpha value is -3.41. The number of hydrogen-bond acceptors (Lipinski definition) is 4. The van der Waals surface area contributed by atoms with Gasteiger partial charge < -0.3 is 14.4 Å². The first kappa shape index (κ1) is 15.8. The van der Waals surface area contributed by atoms with Gasteiger partial charge in [-0.3, -0.25) is 4.79 Å². The van der Waals surface area contributed by atoms with E-state index in [1.807, 2.05) is 65.7 Å². The lowest BCUT2D eigenvalue weighted by atomic mass is 10.1. The Kier molecular flexibility index (Phi) is 3.74. The molecule has 1 saturated heterocycles. The molecule has 1 fully saturated rings. The van der Waals surface area contributed by atoms with Crippen molar-refractivity contribution in [3.8, 4) is 11.4 Å². The van der Waals surface area contributed by atoms with Gasteiger partial charge in [-0.25, -0.2) is 0 Å². The zero-order valence-corrected chi connectivity index (χ0v) is 14.6. The minimum absolute atomic E-state index is 0.0468. The van der Waals surface area contributed by atoms with E-state index in [1.54, 1.807) is 0 Å². The van der Waals surface area contributed by atoms with Gasteiger partial charge in [0.05, 0.1) is 5.92 Å². The summed E-state index contributed by atoms with van der Waals surface area (Å²) in [6.45, 7) is 1.28. The van der Waals surface area contributed by atoms with Crippen LogP contribution in [0.2, 0.25) is 0 Å². The van der Waals surface area contributed by atoms with Crippen molar-refractivity contribution in [3.63, 3.8) is 0 Å². The Balaban J connectivity index is 1.35. The van der Waals surface area contributed by atoms with Gasteiger partial charge in [0.25, 0.3) is 5.91 Å². The topological polar surface area (TPSA) is 75.0 Å². The number of aromatic nitrogens is 3. The molecule has 134 valence electrons. The summed E-state index contributed by atoms with van der Waals surface area (Å²) in [7, 11) is 0. The van der Waals surface area contributed by atoms with Crippen LogP contribution in [0.3, 0.4) is 0 Å². The number of likely N-dealkylation sites (tertiary alicyclic amines) is 1. The quantitative estimate of drug-likeness (QED) is 0.604. The molecule has 3 heterocycles. The highest BCUT2D eigenvalue weighted by Crippen LogP contribution is 2.29. The second-order valence-corrected chi connectivity index (χ2v) is 6.80. The predicted octanol–water partition coefficient (Wildman–Crippen LogP) is 3.85. The zero-order chi connectivity index (χ0) is 18.2. The van der Waals surface area contributed by atoms with Gasteiger partial charge in [0.1, 0.15) is 0 Å². The molecular formula is C21H18N4O2. The van der Waals surface area contributed by atoms with E-state index in [4.69, 9.17) is 4.52 Å². The zero-order valence-electron chi connectivity index (χ0n) is 14.6. The Morgan fingerprint density at radius 3 is 2.89 bits per heavy atom. The average molecular weight is 358 g/mol. The highest BCUT2D eigenvalue weighted by Gasteiger charge is 2.32. The standard InChI is InChI=1S/C21H18N4O2/c26-21(17-7-4-8-18-16(17)9-11-22-18)25-12-10-15(13-25)20-23-19(24-27-20)14-5-2-1-3-6-14/h1-9,11,15,22H,10,12-13H2. The number of fused-ring (bicyclic) bond motifs is 1. The van der Waals surface area contributed by atoms with Crippen LogP contribution in [-0.4, -0.2) is 39.0 Å². The minimum Gasteiger partial charge on any atom is -0.361 e. The monoisotopic (exact) mass is 358 g/mol. The van der Waals surface area contributed by atoms with Crippen molar-refractivity contribution in [2.45, 2.75) is 12.3 Å². The summed E-state index contributed by atoms with van der Waals surface area (Å²) in [5.74, 6) is 1.31. The number of H-pyrrole nitrogens is 1. The van der Waals surface area contributed by atoms with E-state index in [2.05, 4.69) is 15.1 Å². The van der Waals surface area contributed by atoms with Crippen molar-refractivity contribution in [2.24, 2.45) is 0 Å². The molecule has 1 N–H and O–H groups in total. The van der Waals surface area contributed by atoms with Gasteiger partial charge in [0.2, 0.25) is 11.7 Å². The predicted molar refractivity (Wildman–Crippen MR) is 101 cm³/mol. The van der Waals surface area contributed by atoms with Crippen molar-refractivity contribution in [3.05, 3.63) is 72.2 Å². The van der Waals surface area contributed by atoms with Gasteiger partial charge >= 0.3 is 0 Å². The molecule has 0 aliphatic carbocycles. The number of rotatable bonds is 3. The molecule has 27 heavy (non-hydrogen) atoms. The van der Waals surface area contributed by atoms with E-state index in [0.29, 0.717) is 24.8 Å². The van der Waals surface area contributed by atoms with E-state index in [0.717, 1.165) is 28.5 Å². The van der Waals surface area contributed by atoms with Crippen LogP contribution in [0.4, 0.5) is 0 Å². The van der Waals surface area contributed by atoms with Gasteiger partial charge in [-0.1, -0.05) is 41.6 Å². The van der Waals surface area contributed by atoms with Crippen molar-refractivity contribution >= 4 is 16.8 Å². The maximum Gasteiger partial charge on any atom is 0.254 e. The maximum absolute atomic E-state index is 13.0. The molecule has 4 aromatic rings. The van der Waals surface area contributed by atoms with E-state index in [1.165, 1.54) is 0 Å². The molecule has 2 aromatic heterocycles. The largest absolute Gasteiger partial charge is 0.361 e. The van der Waals surface area contributed by atoms with E-state index >= 15 is 0 Å². The van der Waals surface area contributed by atoms with E-state index in [9.17, 15) is 4.79 Å². The van der Waals surface area contributed by atoms with Crippen LogP contribution in [0.25, 0.3) is 22.3 Å². The summed E-state index contributed by atoms with van der Waals surface area (Å²) in [5, 5.41) is 5.05. The molecule has 0 bridgehead atoms. The van der Waals surface area contributed by atoms with Crippen molar-refractivity contribution < 1.29 is 9.32 Å². The summed E-state index contributed by atoms with van der Waals surface area (Å²) >= 11 is 0. The summed E-state index contributed by atoms with van der Waals surface area (Å²) in [6, 6.07) is 17.5. The van der Waals surface area contributed by atoms with Crippen molar-refractivity contribution in [1.82, 2.24) is 20.0 Å². The van der Waals surface area contributed by atoms with Crippen LogP contribution in [0.5, 0.6) is 0 Å². The SMILES string of the molecule is O=C(c1cccc2[nH]ccc12)N1CCC(c2nc(-c3ccccc3)no2)C1.